The Balaban J connectivity index is 3.61. The molecule has 0 aromatic carbocycles. The van der Waals surface area contributed by atoms with E-state index < -0.39 is 26.5 Å². The molecular formula is C25H46NO8P. The van der Waals surface area contributed by atoms with Crippen molar-refractivity contribution in [3.8, 4) is 0 Å². The predicted molar refractivity (Wildman–Crippen MR) is 137 cm³/mol. The SMILES string of the molecule is CCCCC/C=C\C/C=C\CCCCCCCC(=O)OCC(O)COP(=O)(O)OCCNC(C)=O. The molecule has 204 valence electrons. The van der Waals surface area contributed by atoms with Gasteiger partial charge in [-0.3, -0.25) is 18.6 Å². The highest BCUT2D eigenvalue weighted by Crippen LogP contribution is 2.42. The molecule has 0 aliphatic heterocycles. The first-order chi connectivity index (χ1) is 16.8. The number of allylic oxidation sites excluding steroid dienone is 4. The summed E-state index contributed by atoms with van der Waals surface area (Å²) in [5, 5.41) is 12.2. The summed E-state index contributed by atoms with van der Waals surface area (Å²) >= 11 is 0. The third-order valence-corrected chi connectivity index (χ3v) is 5.91. The molecule has 0 aromatic heterocycles. The average Bonchev–Trinajstić information content (AvgIpc) is 2.81. The van der Waals surface area contributed by atoms with E-state index in [1.165, 1.54) is 32.6 Å². The maximum Gasteiger partial charge on any atom is 0.472 e. The Kier molecular flexibility index (Phi) is 21.9. The molecule has 0 radical (unpaired) electrons. The topological polar surface area (TPSA) is 131 Å². The van der Waals surface area contributed by atoms with Crippen molar-refractivity contribution in [1.82, 2.24) is 5.32 Å². The van der Waals surface area contributed by atoms with Gasteiger partial charge in [0.15, 0.2) is 0 Å². The van der Waals surface area contributed by atoms with E-state index in [1.807, 2.05) is 0 Å². The Morgan fingerprint density at radius 3 is 2.20 bits per heavy atom. The van der Waals surface area contributed by atoms with Crippen LogP contribution in [0.1, 0.15) is 90.9 Å². The average molecular weight is 520 g/mol. The number of amides is 1. The van der Waals surface area contributed by atoms with Crippen LogP contribution in [0.2, 0.25) is 0 Å². The van der Waals surface area contributed by atoms with Gasteiger partial charge >= 0.3 is 13.8 Å². The predicted octanol–water partition coefficient (Wildman–Crippen LogP) is 4.97. The Morgan fingerprint density at radius 2 is 1.54 bits per heavy atom. The number of esters is 1. The highest BCUT2D eigenvalue weighted by Gasteiger charge is 2.23. The summed E-state index contributed by atoms with van der Waals surface area (Å²) in [4.78, 5) is 31.9. The molecule has 0 spiro atoms. The quantitative estimate of drug-likeness (QED) is 0.0746. The van der Waals surface area contributed by atoms with Gasteiger partial charge in [-0.05, 0) is 38.5 Å². The molecule has 10 heteroatoms. The first kappa shape index (κ1) is 33.5. The zero-order valence-electron chi connectivity index (χ0n) is 21.5. The lowest BCUT2D eigenvalue weighted by atomic mass is 10.1. The van der Waals surface area contributed by atoms with Crippen LogP contribution < -0.4 is 5.32 Å². The molecule has 0 fully saturated rings. The lowest BCUT2D eigenvalue weighted by Crippen LogP contribution is -2.25. The second kappa shape index (κ2) is 22.9. The molecule has 1 amide bonds. The third-order valence-electron chi connectivity index (χ3n) is 4.93. The highest BCUT2D eigenvalue weighted by molar-refractivity contribution is 7.47. The van der Waals surface area contributed by atoms with Gasteiger partial charge in [-0.2, -0.15) is 0 Å². The normalized spacial score (nSPS) is 14.3. The van der Waals surface area contributed by atoms with Gasteiger partial charge in [-0.25, -0.2) is 4.57 Å². The molecule has 9 nitrogen and oxygen atoms in total. The van der Waals surface area contributed by atoms with Crippen molar-refractivity contribution >= 4 is 19.7 Å². The highest BCUT2D eigenvalue weighted by atomic mass is 31.2. The van der Waals surface area contributed by atoms with E-state index in [1.54, 1.807) is 0 Å². The number of hydrogen-bond donors (Lipinski definition) is 3. The number of nitrogens with one attached hydrogen (secondary N) is 1. The van der Waals surface area contributed by atoms with Gasteiger partial charge in [0, 0.05) is 19.9 Å². The summed E-state index contributed by atoms with van der Waals surface area (Å²) in [5.41, 5.74) is 0. The number of phosphoric acid groups is 1. The number of carbonyl (C=O) groups excluding carboxylic acids is 2. The molecule has 2 atom stereocenters. The van der Waals surface area contributed by atoms with E-state index in [0.29, 0.717) is 0 Å². The minimum Gasteiger partial charge on any atom is -0.463 e. The van der Waals surface area contributed by atoms with Crippen LogP contribution in [-0.2, 0) is 27.9 Å². The van der Waals surface area contributed by atoms with Crippen molar-refractivity contribution in [3.05, 3.63) is 24.3 Å². The van der Waals surface area contributed by atoms with Crippen LogP contribution in [0.25, 0.3) is 0 Å². The molecule has 0 aromatic rings. The first-order valence-corrected chi connectivity index (χ1v) is 14.3. The lowest BCUT2D eigenvalue weighted by molar-refractivity contribution is -0.147. The first-order valence-electron chi connectivity index (χ1n) is 12.8. The molecule has 0 saturated carbocycles. The van der Waals surface area contributed by atoms with E-state index in [9.17, 15) is 24.2 Å². The monoisotopic (exact) mass is 519 g/mol. The van der Waals surface area contributed by atoms with Gasteiger partial charge in [0.1, 0.15) is 12.7 Å². The van der Waals surface area contributed by atoms with E-state index >= 15 is 0 Å². The summed E-state index contributed by atoms with van der Waals surface area (Å²) in [6.07, 6.45) is 20.0. The molecule has 0 heterocycles. The van der Waals surface area contributed by atoms with E-state index in [4.69, 9.17) is 4.74 Å². The van der Waals surface area contributed by atoms with Crippen LogP contribution in [0.5, 0.6) is 0 Å². The number of aliphatic hydroxyl groups is 1. The Bertz CT molecular complexity index is 653. The number of unbranched alkanes of at least 4 members (excludes halogenated alkanes) is 8. The largest absolute Gasteiger partial charge is 0.472 e. The van der Waals surface area contributed by atoms with E-state index in [2.05, 4.69) is 45.6 Å². The van der Waals surface area contributed by atoms with Crippen molar-refractivity contribution in [2.24, 2.45) is 0 Å². The summed E-state index contributed by atoms with van der Waals surface area (Å²) in [5.74, 6) is -0.715. The fraction of sp³-hybridized carbons (Fsp3) is 0.760. The number of rotatable bonds is 23. The molecular weight excluding hydrogens is 473 g/mol. The maximum atomic E-state index is 11.8. The maximum absolute atomic E-state index is 11.8. The fourth-order valence-electron chi connectivity index (χ4n) is 3.00. The molecule has 0 bridgehead atoms. The van der Waals surface area contributed by atoms with Crippen LogP contribution in [0.15, 0.2) is 24.3 Å². The van der Waals surface area contributed by atoms with Crippen LogP contribution in [0.3, 0.4) is 0 Å². The van der Waals surface area contributed by atoms with Crippen LogP contribution >= 0.6 is 7.82 Å². The number of phosphoric ester groups is 1. The summed E-state index contributed by atoms with van der Waals surface area (Å²) in [6.45, 7) is 2.51. The third kappa shape index (κ3) is 25.4. The lowest BCUT2D eigenvalue weighted by Gasteiger charge is -2.15. The summed E-state index contributed by atoms with van der Waals surface area (Å²) in [6, 6.07) is 0. The summed E-state index contributed by atoms with van der Waals surface area (Å²) < 4.78 is 25.9. The zero-order chi connectivity index (χ0) is 26.2. The molecule has 2 unspecified atom stereocenters. The van der Waals surface area contributed by atoms with Crippen LogP contribution in [-0.4, -0.2) is 54.3 Å². The molecule has 0 saturated heterocycles. The molecule has 35 heavy (non-hydrogen) atoms. The number of carbonyl (C=O) groups is 2. The van der Waals surface area contributed by atoms with E-state index in [-0.39, 0.29) is 32.1 Å². The van der Waals surface area contributed by atoms with Gasteiger partial charge in [0.2, 0.25) is 5.91 Å². The molecule has 0 aliphatic carbocycles. The smallest absolute Gasteiger partial charge is 0.463 e. The second-order valence-electron chi connectivity index (χ2n) is 8.40. The minimum absolute atomic E-state index is 0.0532. The fourth-order valence-corrected chi connectivity index (χ4v) is 3.75. The number of ether oxygens (including phenoxy) is 1. The molecule has 3 N–H and O–H groups in total. The number of hydrogen-bond acceptors (Lipinski definition) is 7. The number of aliphatic hydroxyl groups excluding tert-OH is 1. The summed E-state index contributed by atoms with van der Waals surface area (Å²) in [7, 11) is -4.36. The second-order valence-corrected chi connectivity index (χ2v) is 9.85. The van der Waals surface area contributed by atoms with E-state index in [0.717, 1.165) is 44.9 Å². The van der Waals surface area contributed by atoms with Gasteiger partial charge in [0.25, 0.3) is 0 Å². The Hall–Kier alpha value is -1.51. The van der Waals surface area contributed by atoms with Crippen molar-refractivity contribution in [1.29, 1.82) is 0 Å². The van der Waals surface area contributed by atoms with Gasteiger partial charge in [-0.1, -0.05) is 63.3 Å². The zero-order valence-corrected chi connectivity index (χ0v) is 22.4. The van der Waals surface area contributed by atoms with Crippen molar-refractivity contribution in [2.45, 2.75) is 97.0 Å². The standard InChI is InChI=1S/C25H46NO8P/c1-3-4-5-6-7-8-9-10-11-12-13-14-15-16-17-18-25(29)32-21-24(28)22-34-35(30,31)33-20-19-26-23(2)27/h7-8,10-11,24,28H,3-6,9,12-22H2,1-2H3,(H,26,27)(H,30,31)/b8-7-,11-10-. The molecule has 0 aliphatic rings. The van der Waals surface area contributed by atoms with Gasteiger partial charge in [-0.15, -0.1) is 0 Å². The minimum atomic E-state index is -4.36. The van der Waals surface area contributed by atoms with Crippen molar-refractivity contribution < 1.29 is 37.9 Å². The van der Waals surface area contributed by atoms with Gasteiger partial charge in [0.05, 0.1) is 13.2 Å². The van der Waals surface area contributed by atoms with Gasteiger partial charge < -0.3 is 20.1 Å². The van der Waals surface area contributed by atoms with Crippen LogP contribution in [0.4, 0.5) is 0 Å². The molecule has 0 rings (SSSR count). The van der Waals surface area contributed by atoms with Crippen molar-refractivity contribution in [3.63, 3.8) is 0 Å². The van der Waals surface area contributed by atoms with Crippen molar-refractivity contribution in [2.75, 3.05) is 26.4 Å². The Morgan fingerprint density at radius 1 is 0.914 bits per heavy atom. The van der Waals surface area contributed by atoms with Crippen LogP contribution in [0, 0.1) is 0 Å². The Labute approximate surface area is 210 Å².